The van der Waals surface area contributed by atoms with Gasteiger partial charge in [-0.05, 0) is 24.6 Å². The van der Waals surface area contributed by atoms with Crippen molar-refractivity contribution in [2.24, 2.45) is 5.73 Å². The molecule has 1 aromatic carbocycles. The number of hydrogen-bond acceptors (Lipinski definition) is 3. The minimum Gasteiger partial charge on any atom is -0.324 e. The van der Waals surface area contributed by atoms with Crippen molar-refractivity contribution >= 4 is 25.8 Å². The highest BCUT2D eigenvalue weighted by Gasteiger charge is 2.15. The van der Waals surface area contributed by atoms with E-state index in [1.54, 1.807) is 25.1 Å². The van der Waals surface area contributed by atoms with Crippen LogP contribution in [0.1, 0.15) is 18.5 Å². The summed E-state index contributed by atoms with van der Waals surface area (Å²) in [4.78, 5) is 0.293. The van der Waals surface area contributed by atoms with E-state index in [1.165, 1.54) is 6.26 Å². The van der Waals surface area contributed by atoms with Crippen LogP contribution in [-0.4, -0.2) is 14.7 Å². The fourth-order valence-electron chi connectivity index (χ4n) is 1.21. The number of benzene rings is 1. The molecule has 2 N–H and O–H groups in total. The highest BCUT2D eigenvalue weighted by molar-refractivity contribution is 9.10. The first-order valence-corrected chi connectivity index (χ1v) is 6.76. The number of halogens is 1. The molecule has 1 rings (SSSR count). The Morgan fingerprint density at radius 1 is 1.43 bits per heavy atom. The zero-order chi connectivity index (χ0) is 10.9. The van der Waals surface area contributed by atoms with Crippen LogP contribution in [0.5, 0.6) is 0 Å². The van der Waals surface area contributed by atoms with Crippen LogP contribution in [-0.2, 0) is 9.84 Å². The second-order valence-corrected chi connectivity index (χ2v) is 6.14. The van der Waals surface area contributed by atoms with Crippen LogP contribution >= 0.6 is 15.9 Å². The van der Waals surface area contributed by atoms with Gasteiger partial charge in [0.2, 0.25) is 0 Å². The normalized spacial score (nSPS) is 14.0. The van der Waals surface area contributed by atoms with E-state index in [0.29, 0.717) is 10.5 Å². The predicted molar refractivity (Wildman–Crippen MR) is 59.9 cm³/mol. The molecule has 0 radical (unpaired) electrons. The molecule has 0 aliphatic carbocycles. The van der Waals surface area contributed by atoms with E-state index in [-0.39, 0.29) is 6.04 Å². The van der Waals surface area contributed by atoms with Crippen LogP contribution in [0.3, 0.4) is 0 Å². The van der Waals surface area contributed by atoms with E-state index in [2.05, 4.69) is 15.9 Å². The Morgan fingerprint density at radius 2 is 2.00 bits per heavy atom. The second kappa shape index (κ2) is 4.00. The van der Waals surface area contributed by atoms with Crippen molar-refractivity contribution in [2.45, 2.75) is 17.9 Å². The fourth-order valence-corrected chi connectivity index (χ4v) is 2.74. The molecule has 1 aromatic rings. The highest BCUT2D eigenvalue weighted by atomic mass is 79.9. The van der Waals surface area contributed by atoms with Gasteiger partial charge in [-0.25, -0.2) is 8.42 Å². The number of sulfone groups is 1. The monoisotopic (exact) mass is 277 g/mol. The minimum absolute atomic E-state index is 0.284. The van der Waals surface area contributed by atoms with Gasteiger partial charge in [0, 0.05) is 16.8 Å². The smallest absolute Gasteiger partial charge is 0.175 e. The molecule has 0 aliphatic heterocycles. The van der Waals surface area contributed by atoms with Crippen LogP contribution in [0.25, 0.3) is 0 Å². The first-order chi connectivity index (χ1) is 6.32. The number of rotatable bonds is 2. The molecule has 3 nitrogen and oxygen atoms in total. The van der Waals surface area contributed by atoms with Crippen molar-refractivity contribution in [3.8, 4) is 0 Å². The van der Waals surface area contributed by atoms with Gasteiger partial charge in [0.1, 0.15) is 0 Å². The first-order valence-electron chi connectivity index (χ1n) is 4.07. The summed E-state index contributed by atoms with van der Waals surface area (Å²) in [5.74, 6) is 0. The molecule has 0 aliphatic rings. The van der Waals surface area contributed by atoms with E-state index < -0.39 is 9.84 Å². The quantitative estimate of drug-likeness (QED) is 0.898. The lowest BCUT2D eigenvalue weighted by Crippen LogP contribution is -2.11. The Labute approximate surface area is 92.4 Å². The molecule has 0 saturated heterocycles. The zero-order valence-electron chi connectivity index (χ0n) is 7.99. The van der Waals surface area contributed by atoms with E-state index in [4.69, 9.17) is 5.73 Å². The molecular formula is C9H12BrNO2S. The maximum absolute atomic E-state index is 11.4. The highest BCUT2D eigenvalue weighted by Crippen LogP contribution is 2.24. The van der Waals surface area contributed by atoms with Crippen molar-refractivity contribution in [1.82, 2.24) is 0 Å². The molecule has 0 bridgehead atoms. The number of hydrogen-bond donors (Lipinski definition) is 1. The van der Waals surface area contributed by atoms with Crippen LogP contribution in [0.4, 0.5) is 0 Å². The average Bonchev–Trinajstić information content (AvgIpc) is 2.01. The van der Waals surface area contributed by atoms with Gasteiger partial charge < -0.3 is 5.73 Å². The Kier molecular flexibility index (Phi) is 3.34. The Balaban J connectivity index is 3.46. The molecular weight excluding hydrogens is 266 g/mol. The van der Waals surface area contributed by atoms with Crippen LogP contribution in [0.2, 0.25) is 0 Å². The summed E-state index contributed by atoms with van der Waals surface area (Å²) in [6, 6.07) is 4.81. The maximum Gasteiger partial charge on any atom is 0.175 e. The Morgan fingerprint density at radius 3 is 2.43 bits per heavy atom. The molecule has 0 fully saturated rings. The fraction of sp³-hybridized carbons (Fsp3) is 0.333. The van der Waals surface area contributed by atoms with Crippen molar-refractivity contribution in [2.75, 3.05) is 6.26 Å². The maximum atomic E-state index is 11.4. The van der Waals surface area contributed by atoms with Gasteiger partial charge in [0.05, 0.1) is 4.90 Å². The third-order valence-corrected chi connectivity index (χ3v) is 3.51. The summed E-state index contributed by atoms with van der Waals surface area (Å²) in [7, 11) is -3.21. The summed E-state index contributed by atoms with van der Waals surface area (Å²) in [6.45, 7) is 1.76. The molecule has 0 amide bonds. The molecule has 0 aromatic heterocycles. The minimum atomic E-state index is -3.21. The Hall–Kier alpha value is -0.390. The van der Waals surface area contributed by atoms with Gasteiger partial charge in [-0.15, -0.1) is 0 Å². The van der Waals surface area contributed by atoms with Crippen molar-refractivity contribution < 1.29 is 8.42 Å². The standard InChI is InChI=1S/C9H12BrNO2S/c1-6(11)8-4-3-7(10)5-9(8)14(2,12)13/h3-6H,11H2,1-2H3. The zero-order valence-corrected chi connectivity index (χ0v) is 10.4. The predicted octanol–water partition coefficient (Wildman–Crippen LogP) is 1.87. The van der Waals surface area contributed by atoms with Gasteiger partial charge in [-0.2, -0.15) is 0 Å². The summed E-state index contributed by atoms with van der Waals surface area (Å²) in [5, 5.41) is 0. The van der Waals surface area contributed by atoms with Gasteiger partial charge in [-0.3, -0.25) is 0 Å². The molecule has 14 heavy (non-hydrogen) atoms. The summed E-state index contributed by atoms with van der Waals surface area (Å²) in [6.07, 6.45) is 1.18. The first kappa shape index (κ1) is 11.7. The average molecular weight is 278 g/mol. The lowest BCUT2D eigenvalue weighted by atomic mass is 10.1. The molecule has 0 heterocycles. The van der Waals surface area contributed by atoms with Crippen LogP contribution in [0, 0.1) is 0 Å². The lowest BCUT2D eigenvalue weighted by molar-refractivity contribution is 0.599. The van der Waals surface area contributed by atoms with Gasteiger partial charge in [-0.1, -0.05) is 22.0 Å². The summed E-state index contributed by atoms with van der Waals surface area (Å²) >= 11 is 3.23. The van der Waals surface area contributed by atoms with Gasteiger partial charge in [0.25, 0.3) is 0 Å². The molecule has 0 saturated carbocycles. The summed E-state index contributed by atoms with van der Waals surface area (Å²) < 4.78 is 23.6. The third kappa shape index (κ3) is 2.56. The molecule has 5 heteroatoms. The van der Waals surface area contributed by atoms with Crippen molar-refractivity contribution in [1.29, 1.82) is 0 Å². The van der Waals surface area contributed by atoms with Gasteiger partial charge in [0.15, 0.2) is 9.84 Å². The van der Waals surface area contributed by atoms with E-state index in [9.17, 15) is 8.42 Å². The second-order valence-electron chi connectivity index (χ2n) is 3.24. The molecule has 78 valence electrons. The van der Waals surface area contributed by atoms with Gasteiger partial charge >= 0.3 is 0 Å². The third-order valence-electron chi connectivity index (χ3n) is 1.87. The van der Waals surface area contributed by atoms with Crippen LogP contribution < -0.4 is 5.73 Å². The topological polar surface area (TPSA) is 60.2 Å². The number of nitrogens with two attached hydrogens (primary N) is 1. The summed E-state index contributed by atoms with van der Waals surface area (Å²) in [5.41, 5.74) is 6.33. The lowest BCUT2D eigenvalue weighted by Gasteiger charge is -2.11. The SMILES string of the molecule is CC(N)c1ccc(Br)cc1S(C)(=O)=O. The largest absolute Gasteiger partial charge is 0.324 e. The van der Waals surface area contributed by atoms with Crippen LogP contribution in [0.15, 0.2) is 27.6 Å². The molecule has 1 unspecified atom stereocenters. The molecule has 1 atom stereocenters. The van der Waals surface area contributed by atoms with Crippen molar-refractivity contribution in [3.63, 3.8) is 0 Å². The Bertz CT molecular complexity index is 440. The van der Waals surface area contributed by atoms with E-state index in [0.717, 1.165) is 4.47 Å². The van der Waals surface area contributed by atoms with E-state index in [1.807, 2.05) is 0 Å². The van der Waals surface area contributed by atoms with Crippen molar-refractivity contribution in [3.05, 3.63) is 28.2 Å². The molecule has 0 spiro atoms. The van der Waals surface area contributed by atoms with E-state index >= 15 is 0 Å².